The van der Waals surface area contributed by atoms with E-state index in [1.54, 1.807) is 12.1 Å². The molecular weight excluding hydrogens is 514 g/mol. The maximum absolute atomic E-state index is 13.6. The third-order valence-electron chi connectivity index (χ3n) is 7.88. The van der Waals surface area contributed by atoms with Crippen LogP contribution in [0.15, 0.2) is 42.5 Å². The van der Waals surface area contributed by atoms with Crippen LogP contribution in [0, 0.1) is 11.7 Å². The number of carbonyl (C=O) groups is 1. The second kappa shape index (κ2) is 9.96. The number of fused-ring (bicyclic) bond motifs is 1. The number of hydrogen-bond donors (Lipinski definition) is 2. The van der Waals surface area contributed by atoms with Crippen molar-refractivity contribution in [2.75, 3.05) is 31.5 Å². The van der Waals surface area contributed by atoms with Gasteiger partial charge in [-0.15, -0.1) is 13.2 Å². The summed E-state index contributed by atoms with van der Waals surface area (Å²) in [5.74, 6) is -0.658. The fourth-order valence-corrected chi connectivity index (χ4v) is 6.20. The number of amides is 2. The molecule has 200 valence electrons. The Morgan fingerprint density at radius 1 is 1.22 bits per heavy atom. The molecule has 0 radical (unpaired) electrons. The Labute approximate surface area is 217 Å². The van der Waals surface area contributed by atoms with E-state index in [1.807, 2.05) is 4.90 Å². The zero-order valence-corrected chi connectivity index (χ0v) is 20.7. The molecule has 11 heteroatoms. The molecular formula is C26H28ClF4N3O3. The normalized spacial score (nSPS) is 27.1. The fourth-order valence-electron chi connectivity index (χ4n) is 6.02. The van der Waals surface area contributed by atoms with Gasteiger partial charge in [-0.05, 0) is 67.5 Å². The molecule has 5 rings (SSSR count). The number of β-amino-alcohol motifs (C(OH)–C–C–N with tert-alkyl or cyclic N) is 1. The molecule has 0 unspecified atom stereocenters. The Hall–Kier alpha value is -2.56. The van der Waals surface area contributed by atoms with E-state index in [9.17, 15) is 27.5 Å². The number of anilines is 1. The average molecular weight is 542 g/mol. The van der Waals surface area contributed by atoms with Crippen LogP contribution in [0.5, 0.6) is 5.75 Å². The molecule has 2 amide bonds. The van der Waals surface area contributed by atoms with E-state index in [1.165, 1.54) is 30.3 Å². The van der Waals surface area contributed by atoms with Gasteiger partial charge < -0.3 is 20.1 Å². The molecule has 4 atom stereocenters. The van der Waals surface area contributed by atoms with Crippen LogP contribution in [-0.2, 0) is 5.41 Å². The topological polar surface area (TPSA) is 65.0 Å². The fraction of sp³-hybridized carbons (Fsp3) is 0.500. The number of carbonyl (C=O) groups excluding carboxylic acids is 1. The standard InChI is InChI=1S/C26H28ClF4N3O3/c27-21-13-17(3-6-22(21)28)32-24(36)34(12-11-33-10-8-18(35)15-33)23-7-9-25(14-20(23)25)16-1-4-19(5-2-16)37-26(29,30)31/h1-6,13,18,20,23,35H,7-12,14-15H2,(H,32,36)/t18-,20-,23-,25-/m1/s1. The summed E-state index contributed by atoms with van der Waals surface area (Å²) < 4.78 is 55.2. The number of aliphatic hydroxyl groups excluding tert-OH is 1. The second-order valence-electron chi connectivity index (χ2n) is 10.1. The Morgan fingerprint density at radius 3 is 2.59 bits per heavy atom. The van der Waals surface area contributed by atoms with Crippen molar-refractivity contribution in [3.63, 3.8) is 0 Å². The van der Waals surface area contributed by atoms with E-state index in [-0.39, 0.29) is 40.3 Å². The van der Waals surface area contributed by atoms with E-state index < -0.39 is 12.2 Å². The minimum Gasteiger partial charge on any atom is -0.406 e. The highest BCUT2D eigenvalue weighted by Crippen LogP contribution is 2.65. The second-order valence-corrected chi connectivity index (χ2v) is 10.5. The van der Waals surface area contributed by atoms with Crippen molar-refractivity contribution in [3.05, 3.63) is 58.9 Å². The Bertz CT molecular complexity index is 1150. The highest BCUT2D eigenvalue weighted by molar-refractivity contribution is 6.31. The molecule has 2 aromatic rings. The number of urea groups is 1. The van der Waals surface area contributed by atoms with Crippen molar-refractivity contribution < 1.29 is 32.2 Å². The number of nitrogens with zero attached hydrogens (tertiary/aromatic N) is 2. The van der Waals surface area contributed by atoms with Gasteiger partial charge >= 0.3 is 12.4 Å². The van der Waals surface area contributed by atoms with Gasteiger partial charge in [0.2, 0.25) is 0 Å². The predicted molar refractivity (Wildman–Crippen MR) is 130 cm³/mol. The van der Waals surface area contributed by atoms with Gasteiger partial charge in [0.15, 0.2) is 0 Å². The van der Waals surface area contributed by atoms with Crippen molar-refractivity contribution in [1.82, 2.24) is 9.80 Å². The predicted octanol–water partition coefficient (Wildman–Crippen LogP) is 5.40. The first kappa shape index (κ1) is 26.1. The van der Waals surface area contributed by atoms with Gasteiger partial charge in [-0.3, -0.25) is 4.90 Å². The number of likely N-dealkylation sites (tertiary alicyclic amines) is 1. The maximum atomic E-state index is 13.6. The lowest BCUT2D eigenvalue weighted by molar-refractivity contribution is -0.274. The summed E-state index contributed by atoms with van der Waals surface area (Å²) in [6, 6.07) is 9.67. The summed E-state index contributed by atoms with van der Waals surface area (Å²) in [6.07, 6.45) is -2.00. The molecule has 6 nitrogen and oxygen atoms in total. The van der Waals surface area contributed by atoms with Crippen LogP contribution in [0.3, 0.4) is 0 Å². The molecule has 2 aliphatic carbocycles. The number of rotatable bonds is 7. The van der Waals surface area contributed by atoms with E-state index in [4.69, 9.17) is 11.6 Å². The zero-order chi connectivity index (χ0) is 26.4. The lowest BCUT2D eigenvalue weighted by atomic mass is 9.93. The third kappa shape index (κ3) is 5.66. The van der Waals surface area contributed by atoms with E-state index in [2.05, 4.69) is 15.0 Å². The summed E-state index contributed by atoms with van der Waals surface area (Å²) in [5.41, 5.74) is 1.16. The summed E-state index contributed by atoms with van der Waals surface area (Å²) in [4.78, 5) is 17.4. The highest BCUT2D eigenvalue weighted by Gasteiger charge is 2.64. The molecule has 37 heavy (non-hydrogen) atoms. The zero-order valence-electron chi connectivity index (χ0n) is 20.0. The first-order valence-corrected chi connectivity index (χ1v) is 12.7. The van der Waals surface area contributed by atoms with Crippen molar-refractivity contribution in [2.24, 2.45) is 5.92 Å². The molecule has 1 saturated heterocycles. The molecule has 1 heterocycles. The minimum absolute atomic E-state index is 0.0606. The van der Waals surface area contributed by atoms with Crippen LogP contribution < -0.4 is 10.1 Å². The van der Waals surface area contributed by atoms with Crippen LogP contribution in [0.25, 0.3) is 0 Å². The van der Waals surface area contributed by atoms with E-state index in [0.717, 1.165) is 31.4 Å². The van der Waals surface area contributed by atoms with Gasteiger partial charge in [0.1, 0.15) is 11.6 Å². The largest absolute Gasteiger partial charge is 0.573 e. The first-order chi connectivity index (χ1) is 17.5. The SMILES string of the molecule is O=C(Nc1ccc(F)c(Cl)c1)N(CCN1CC[C@@H](O)C1)[C@@H]1CC[C@]2(c3ccc(OC(F)(F)F)cc3)C[C@H]12. The molecule has 2 aromatic carbocycles. The lowest BCUT2D eigenvalue weighted by Gasteiger charge is -2.32. The quantitative estimate of drug-likeness (QED) is 0.461. The number of halogens is 5. The lowest BCUT2D eigenvalue weighted by Crippen LogP contribution is -2.47. The van der Waals surface area contributed by atoms with E-state index >= 15 is 0 Å². The summed E-state index contributed by atoms with van der Waals surface area (Å²) in [5, 5.41) is 12.6. The smallest absolute Gasteiger partial charge is 0.406 e. The first-order valence-electron chi connectivity index (χ1n) is 12.3. The summed E-state index contributed by atoms with van der Waals surface area (Å²) in [7, 11) is 0. The minimum atomic E-state index is -4.74. The van der Waals surface area contributed by atoms with Crippen LogP contribution >= 0.6 is 11.6 Å². The van der Waals surface area contributed by atoms with Crippen LogP contribution in [-0.4, -0.2) is 65.6 Å². The molecule has 2 saturated carbocycles. The van der Waals surface area contributed by atoms with Crippen molar-refractivity contribution in [3.8, 4) is 5.75 Å². The summed E-state index contributed by atoms with van der Waals surface area (Å²) >= 11 is 5.89. The molecule has 0 spiro atoms. The molecule has 3 fully saturated rings. The Balaban J connectivity index is 1.31. The number of nitrogens with one attached hydrogen (secondary N) is 1. The Morgan fingerprint density at radius 2 is 1.97 bits per heavy atom. The van der Waals surface area contributed by atoms with Gasteiger partial charge in [0.25, 0.3) is 0 Å². The number of aliphatic hydroxyl groups is 1. The summed E-state index contributed by atoms with van der Waals surface area (Å²) in [6.45, 7) is 2.37. The molecule has 3 aliphatic rings. The van der Waals surface area contributed by atoms with Gasteiger partial charge in [0.05, 0.1) is 11.1 Å². The molecule has 0 bridgehead atoms. The average Bonchev–Trinajstić information content (AvgIpc) is 3.23. The molecule has 2 N–H and O–H groups in total. The van der Waals surface area contributed by atoms with Crippen LogP contribution in [0.4, 0.5) is 28.0 Å². The monoisotopic (exact) mass is 541 g/mol. The molecule has 0 aromatic heterocycles. The third-order valence-corrected chi connectivity index (χ3v) is 8.17. The van der Waals surface area contributed by atoms with Gasteiger partial charge in [0, 0.05) is 43.3 Å². The van der Waals surface area contributed by atoms with Crippen molar-refractivity contribution >= 4 is 23.3 Å². The highest BCUT2D eigenvalue weighted by atomic mass is 35.5. The number of ether oxygens (including phenoxy) is 1. The van der Waals surface area contributed by atoms with Crippen LogP contribution in [0.2, 0.25) is 5.02 Å². The van der Waals surface area contributed by atoms with Crippen molar-refractivity contribution in [2.45, 2.75) is 49.6 Å². The van der Waals surface area contributed by atoms with E-state index in [0.29, 0.717) is 31.7 Å². The number of hydrogen-bond acceptors (Lipinski definition) is 4. The maximum Gasteiger partial charge on any atom is 0.573 e. The van der Waals surface area contributed by atoms with Crippen LogP contribution in [0.1, 0.15) is 31.2 Å². The Kier molecular flexibility index (Phi) is 7.02. The molecule has 1 aliphatic heterocycles. The van der Waals surface area contributed by atoms with Gasteiger partial charge in [-0.2, -0.15) is 0 Å². The van der Waals surface area contributed by atoms with Crippen molar-refractivity contribution in [1.29, 1.82) is 0 Å². The van der Waals surface area contributed by atoms with Gasteiger partial charge in [-0.1, -0.05) is 23.7 Å². The number of benzene rings is 2. The van der Waals surface area contributed by atoms with Gasteiger partial charge in [-0.25, -0.2) is 9.18 Å². The number of alkyl halides is 3.